The molecule has 7 rings (SSSR count). The van der Waals surface area contributed by atoms with Crippen LogP contribution in [0.15, 0.2) is 170 Å². The molecular formula is C40H32P2. The molecule has 0 saturated heterocycles. The summed E-state index contributed by atoms with van der Waals surface area (Å²) in [7, 11) is 0. The second-order valence-corrected chi connectivity index (χ2v) is 16.9. The SMILES string of the molecule is C=P(c1ccccc1)(c1ccccc1)c1c(P(=C)(c2ccccc2)c2ccccc2)c2ccccc2c2ccccc12. The molecule has 0 aliphatic heterocycles. The molecule has 0 aromatic heterocycles. The van der Waals surface area contributed by atoms with Gasteiger partial charge in [-0.3, -0.25) is 0 Å². The Kier molecular flexibility index (Phi) is 6.84. The second-order valence-electron chi connectivity index (χ2n) is 10.8. The first-order chi connectivity index (χ1) is 20.6. The molecule has 0 amide bonds. The molecule has 7 aromatic carbocycles. The van der Waals surface area contributed by atoms with Gasteiger partial charge in [0.05, 0.1) is 0 Å². The van der Waals surface area contributed by atoms with E-state index in [4.69, 9.17) is 12.6 Å². The van der Waals surface area contributed by atoms with Crippen molar-refractivity contribution in [1.82, 2.24) is 0 Å². The Morgan fingerprint density at radius 2 is 0.476 bits per heavy atom. The molecule has 2 heteroatoms. The number of hydrogen-bond donors (Lipinski definition) is 0. The van der Waals surface area contributed by atoms with E-state index in [2.05, 4.69) is 170 Å². The van der Waals surface area contributed by atoms with Crippen LogP contribution in [0.4, 0.5) is 0 Å². The quantitative estimate of drug-likeness (QED) is 0.143. The van der Waals surface area contributed by atoms with E-state index >= 15 is 0 Å². The highest BCUT2D eigenvalue weighted by atomic mass is 31.2. The first-order valence-electron chi connectivity index (χ1n) is 14.3. The summed E-state index contributed by atoms with van der Waals surface area (Å²) in [6.07, 6.45) is 10.6. The zero-order valence-corrected chi connectivity index (χ0v) is 25.3. The van der Waals surface area contributed by atoms with E-state index in [9.17, 15) is 0 Å². The summed E-state index contributed by atoms with van der Waals surface area (Å²) in [5.74, 6) is 0. The molecule has 0 aliphatic rings. The summed E-state index contributed by atoms with van der Waals surface area (Å²) in [6, 6.07) is 61.7. The van der Waals surface area contributed by atoms with Crippen molar-refractivity contribution in [3.63, 3.8) is 0 Å². The summed E-state index contributed by atoms with van der Waals surface area (Å²) < 4.78 is 0. The van der Waals surface area contributed by atoms with Gasteiger partial charge >= 0.3 is 0 Å². The lowest BCUT2D eigenvalue weighted by molar-refractivity contribution is 1.74. The van der Waals surface area contributed by atoms with Crippen molar-refractivity contribution in [2.45, 2.75) is 0 Å². The monoisotopic (exact) mass is 574 g/mol. The lowest BCUT2D eigenvalue weighted by atomic mass is 10.0. The normalized spacial score (nSPS) is 12.0. The Morgan fingerprint density at radius 3 is 0.738 bits per heavy atom. The minimum atomic E-state index is -2.41. The fourth-order valence-corrected chi connectivity index (χ4v) is 14.0. The van der Waals surface area contributed by atoms with Crippen molar-refractivity contribution in [2.24, 2.45) is 0 Å². The largest absolute Gasteiger partial charge is 0.0886 e. The summed E-state index contributed by atoms with van der Waals surface area (Å²) in [5.41, 5.74) is 0. The van der Waals surface area contributed by atoms with Gasteiger partial charge in [0.2, 0.25) is 0 Å². The Bertz CT molecular complexity index is 1870. The fraction of sp³-hybridized carbons (Fsp3) is 0. The van der Waals surface area contributed by atoms with Gasteiger partial charge in [0.15, 0.2) is 0 Å². The highest BCUT2D eigenvalue weighted by Gasteiger charge is 2.35. The topological polar surface area (TPSA) is 0 Å². The minimum Gasteiger partial charge on any atom is -0.0886 e. The van der Waals surface area contributed by atoms with Crippen LogP contribution >= 0.6 is 13.8 Å². The van der Waals surface area contributed by atoms with Gasteiger partial charge in [-0.25, -0.2) is 0 Å². The molecular weight excluding hydrogens is 542 g/mol. The zero-order valence-electron chi connectivity index (χ0n) is 23.5. The van der Waals surface area contributed by atoms with Gasteiger partial charge in [0.25, 0.3) is 0 Å². The summed E-state index contributed by atoms with van der Waals surface area (Å²) in [4.78, 5) is 0. The number of hydrogen-bond acceptors (Lipinski definition) is 0. The summed E-state index contributed by atoms with van der Waals surface area (Å²) >= 11 is 0. The predicted octanol–water partition coefficient (Wildman–Crippen LogP) is 7.44. The molecule has 0 fully saturated rings. The maximum absolute atomic E-state index is 5.30. The Morgan fingerprint density at radius 1 is 0.262 bits per heavy atom. The lowest BCUT2D eigenvalue weighted by Gasteiger charge is -2.37. The van der Waals surface area contributed by atoms with Crippen LogP contribution in [0.5, 0.6) is 0 Å². The van der Waals surface area contributed by atoms with Crippen LogP contribution in [0, 0.1) is 0 Å². The van der Waals surface area contributed by atoms with Crippen LogP contribution in [-0.2, 0) is 0 Å². The standard InChI is InChI=1S/C40H32P2/c1-41(31-19-7-3-8-20-31,32-21-9-4-10-22-32)39-37-29-17-15-27-35(37)36-28-16-18-30-38(36)40(39)42(2,33-23-11-5-12-24-33)34-25-13-6-14-26-34/h3-30H,1-2H2. The van der Waals surface area contributed by atoms with Crippen molar-refractivity contribution in [3.8, 4) is 0 Å². The molecule has 0 aliphatic carbocycles. The molecule has 0 heterocycles. The van der Waals surface area contributed by atoms with Gasteiger partial charge < -0.3 is 0 Å². The van der Waals surface area contributed by atoms with Crippen LogP contribution < -0.4 is 31.8 Å². The first kappa shape index (κ1) is 26.6. The Hall–Kier alpha value is -4.34. The van der Waals surface area contributed by atoms with Gasteiger partial charge in [-0.2, -0.15) is 0 Å². The smallest absolute Gasteiger partial charge is 0.000145 e. The molecule has 0 spiro atoms. The Balaban J connectivity index is 1.78. The predicted molar refractivity (Wildman–Crippen MR) is 193 cm³/mol. The van der Waals surface area contributed by atoms with Crippen LogP contribution in [0.25, 0.3) is 21.5 Å². The third kappa shape index (κ3) is 4.15. The van der Waals surface area contributed by atoms with Crippen LogP contribution in [-0.4, -0.2) is 12.6 Å². The fourth-order valence-electron chi connectivity index (χ4n) is 6.42. The van der Waals surface area contributed by atoms with E-state index in [1.807, 2.05) is 0 Å². The van der Waals surface area contributed by atoms with Crippen molar-refractivity contribution < 1.29 is 0 Å². The van der Waals surface area contributed by atoms with Crippen molar-refractivity contribution in [2.75, 3.05) is 0 Å². The average molecular weight is 575 g/mol. The molecule has 0 radical (unpaired) electrons. The van der Waals surface area contributed by atoms with E-state index in [0.717, 1.165) is 0 Å². The van der Waals surface area contributed by atoms with Gasteiger partial charge in [-0.1, -0.05) is 182 Å². The third-order valence-corrected chi connectivity index (χ3v) is 15.8. The van der Waals surface area contributed by atoms with E-state index in [1.54, 1.807) is 0 Å². The summed E-state index contributed by atoms with van der Waals surface area (Å²) in [6.45, 7) is -4.83. The van der Waals surface area contributed by atoms with Crippen molar-refractivity contribution in [3.05, 3.63) is 170 Å². The zero-order chi connectivity index (χ0) is 28.6. The van der Waals surface area contributed by atoms with E-state index in [0.29, 0.717) is 0 Å². The van der Waals surface area contributed by atoms with Crippen LogP contribution in [0.2, 0.25) is 0 Å². The highest BCUT2D eigenvalue weighted by molar-refractivity contribution is 7.99. The second kappa shape index (κ2) is 10.8. The lowest BCUT2D eigenvalue weighted by Crippen LogP contribution is -2.40. The van der Waals surface area contributed by atoms with E-state index in [-0.39, 0.29) is 0 Å². The average Bonchev–Trinajstić information content (AvgIpc) is 3.08. The molecule has 0 bridgehead atoms. The molecule has 202 valence electrons. The highest BCUT2D eigenvalue weighted by Crippen LogP contribution is 2.51. The third-order valence-electron chi connectivity index (χ3n) is 8.43. The molecule has 0 saturated carbocycles. The molecule has 0 nitrogen and oxygen atoms in total. The van der Waals surface area contributed by atoms with Crippen molar-refractivity contribution in [1.29, 1.82) is 0 Å². The van der Waals surface area contributed by atoms with Crippen molar-refractivity contribution >= 4 is 79.7 Å². The van der Waals surface area contributed by atoms with E-state index in [1.165, 1.54) is 53.4 Å². The molecule has 0 unspecified atom stereocenters. The number of rotatable bonds is 6. The van der Waals surface area contributed by atoms with Crippen LogP contribution in [0.3, 0.4) is 0 Å². The van der Waals surface area contributed by atoms with Gasteiger partial charge in [-0.05, 0) is 56.5 Å². The molecule has 42 heavy (non-hydrogen) atoms. The number of fused-ring (bicyclic) bond motifs is 3. The summed E-state index contributed by atoms with van der Waals surface area (Å²) in [5, 5.41) is 12.8. The Labute approximate surface area is 248 Å². The number of benzene rings is 7. The first-order valence-corrected chi connectivity index (χ1v) is 18.2. The molecule has 0 N–H and O–H groups in total. The van der Waals surface area contributed by atoms with Crippen LogP contribution in [0.1, 0.15) is 0 Å². The van der Waals surface area contributed by atoms with Gasteiger partial charge in [0, 0.05) is 10.6 Å². The minimum absolute atomic E-state index is 1.26. The van der Waals surface area contributed by atoms with Gasteiger partial charge in [-0.15, -0.1) is 0 Å². The van der Waals surface area contributed by atoms with E-state index < -0.39 is 13.8 Å². The molecule has 0 atom stereocenters. The maximum atomic E-state index is 5.30. The van der Waals surface area contributed by atoms with Gasteiger partial charge in [0.1, 0.15) is 0 Å². The maximum Gasteiger partial charge on any atom is 0.000145 e. The molecule has 7 aromatic rings.